The topological polar surface area (TPSA) is 75.7 Å². The molecule has 3 rings (SSSR count). The van der Waals surface area contributed by atoms with E-state index in [9.17, 15) is 13.2 Å². The van der Waals surface area contributed by atoms with Crippen LogP contribution >= 0.6 is 23.2 Å². The van der Waals surface area contributed by atoms with Crippen molar-refractivity contribution in [1.29, 1.82) is 0 Å². The molecule has 0 aromatic heterocycles. The first-order chi connectivity index (χ1) is 16.5. The van der Waals surface area contributed by atoms with E-state index in [0.717, 1.165) is 15.6 Å². The number of nitrogens with one attached hydrogen (secondary N) is 1. The molecular weight excluding hydrogens is 507 g/mol. The third kappa shape index (κ3) is 7.13. The average molecular weight is 535 g/mol. The van der Waals surface area contributed by atoms with E-state index in [0.29, 0.717) is 10.0 Å². The largest absolute Gasteiger partial charge is 0.491 e. The van der Waals surface area contributed by atoms with E-state index in [4.69, 9.17) is 27.9 Å². The SMILES string of the molecule is CC(C)(C)c1ccccc1OCCNC(=O)CN(c1cccc(Cl)c1)S(=O)(=O)c1ccc(Cl)cc1. The van der Waals surface area contributed by atoms with E-state index in [1.165, 1.54) is 30.3 Å². The van der Waals surface area contributed by atoms with Crippen LogP contribution in [0.15, 0.2) is 77.7 Å². The van der Waals surface area contributed by atoms with Crippen LogP contribution in [0, 0.1) is 0 Å². The molecular formula is C26H28Cl2N2O4S. The molecule has 0 aliphatic rings. The van der Waals surface area contributed by atoms with Crippen LogP contribution in [0.25, 0.3) is 0 Å². The molecule has 0 aliphatic heterocycles. The maximum atomic E-state index is 13.4. The zero-order valence-electron chi connectivity index (χ0n) is 19.8. The van der Waals surface area contributed by atoms with Gasteiger partial charge in [-0.2, -0.15) is 0 Å². The number of benzene rings is 3. The summed E-state index contributed by atoms with van der Waals surface area (Å²) in [6, 6.07) is 19.9. The van der Waals surface area contributed by atoms with Crippen molar-refractivity contribution in [2.24, 2.45) is 0 Å². The molecule has 0 unspecified atom stereocenters. The summed E-state index contributed by atoms with van der Waals surface area (Å²) in [6.07, 6.45) is 0. The van der Waals surface area contributed by atoms with Gasteiger partial charge in [-0.05, 0) is 59.5 Å². The minimum atomic E-state index is -4.05. The highest BCUT2D eigenvalue weighted by Gasteiger charge is 2.27. The molecule has 0 bridgehead atoms. The Kier molecular flexibility index (Phi) is 8.70. The van der Waals surface area contributed by atoms with Gasteiger partial charge < -0.3 is 10.1 Å². The quantitative estimate of drug-likeness (QED) is 0.358. The number of halogens is 2. The van der Waals surface area contributed by atoms with Crippen LogP contribution in [0.4, 0.5) is 5.69 Å². The van der Waals surface area contributed by atoms with Gasteiger partial charge in [-0.1, -0.05) is 68.2 Å². The molecule has 1 amide bonds. The normalized spacial score (nSPS) is 11.7. The van der Waals surface area contributed by atoms with Crippen molar-refractivity contribution >= 4 is 44.8 Å². The molecule has 3 aromatic rings. The van der Waals surface area contributed by atoms with Gasteiger partial charge in [-0.25, -0.2) is 8.42 Å². The fourth-order valence-electron chi connectivity index (χ4n) is 3.43. The fraction of sp³-hybridized carbons (Fsp3) is 0.269. The molecule has 186 valence electrons. The molecule has 0 aliphatic carbocycles. The van der Waals surface area contributed by atoms with Gasteiger partial charge in [0.15, 0.2) is 0 Å². The van der Waals surface area contributed by atoms with Crippen molar-refractivity contribution in [3.63, 3.8) is 0 Å². The molecule has 1 N–H and O–H groups in total. The summed E-state index contributed by atoms with van der Waals surface area (Å²) in [7, 11) is -4.05. The van der Waals surface area contributed by atoms with Crippen LogP contribution in [-0.4, -0.2) is 34.0 Å². The summed E-state index contributed by atoms with van der Waals surface area (Å²) in [5.74, 6) is 0.273. The Labute approximate surface area is 216 Å². The summed E-state index contributed by atoms with van der Waals surface area (Å²) >= 11 is 12.0. The first-order valence-corrected chi connectivity index (χ1v) is 13.2. The van der Waals surface area contributed by atoms with E-state index < -0.39 is 22.5 Å². The van der Waals surface area contributed by atoms with Crippen LogP contribution in [0.2, 0.25) is 10.0 Å². The molecule has 0 saturated carbocycles. The number of sulfonamides is 1. The third-order valence-corrected chi connectivity index (χ3v) is 7.44. The molecule has 9 heteroatoms. The Hall–Kier alpha value is -2.74. The van der Waals surface area contributed by atoms with Gasteiger partial charge in [-0.15, -0.1) is 0 Å². The van der Waals surface area contributed by atoms with Gasteiger partial charge in [-0.3, -0.25) is 9.10 Å². The number of para-hydroxylation sites is 1. The van der Waals surface area contributed by atoms with Crippen LogP contribution in [0.1, 0.15) is 26.3 Å². The van der Waals surface area contributed by atoms with Gasteiger partial charge >= 0.3 is 0 Å². The lowest BCUT2D eigenvalue weighted by Crippen LogP contribution is -2.42. The molecule has 3 aromatic carbocycles. The Morgan fingerprint density at radius 2 is 1.63 bits per heavy atom. The molecule has 6 nitrogen and oxygen atoms in total. The number of ether oxygens (including phenoxy) is 1. The highest BCUT2D eigenvalue weighted by Crippen LogP contribution is 2.31. The van der Waals surface area contributed by atoms with Crippen LogP contribution in [-0.2, 0) is 20.2 Å². The van der Waals surface area contributed by atoms with Gasteiger partial charge in [0, 0.05) is 10.0 Å². The monoisotopic (exact) mass is 534 g/mol. The van der Waals surface area contributed by atoms with E-state index in [-0.39, 0.29) is 29.1 Å². The Morgan fingerprint density at radius 1 is 0.943 bits per heavy atom. The molecule has 35 heavy (non-hydrogen) atoms. The number of anilines is 1. The number of nitrogens with zero attached hydrogens (tertiary/aromatic N) is 1. The van der Waals surface area contributed by atoms with Crippen molar-refractivity contribution in [2.45, 2.75) is 31.1 Å². The van der Waals surface area contributed by atoms with E-state index in [1.807, 2.05) is 24.3 Å². The lowest BCUT2D eigenvalue weighted by molar-refractivity contribution is -0.119. The van der Waals surface area contributed by atoms with Crippen LogP contribution in [0.3, 0.4) is 0 Å². The molecule has 0 heterocycles. The molecule has 0 fully saturated rings. The maximum absolute atomic E-state index is 13.4. The molecule has 0 atom stereocenters. The Morgan fingerprint density at radius 3 is 2.29 bits per heavy atom. The first-order valence-electron chi connectivity index (χ1n) is 11.0. The predicted octanol–water partition coefficient (Wildman–Crippen LogP) is 5.68. The summed E-state index contributed by atoms with van der Waals surface area (Å²) < 4.78 is 33.7. The second-order valence-electron chi connectivity index (χ2n) is 8.89. The number of amides is 1. The van der Waals surface area contributed by atoms with Crippen molar-refractivity contribution < 1.29 is 17.9 Å². The highest BCUT2D eigenvalue weighted by molar-refractivity contribution is 7.92. The van der Waals surface area contributed by atoms with Gasteiger partial charge in [0.05, 0.1) is 17.1 Å². The number of carbonyl (C=O) groups excluding carboxylic acids is 1. The standard InChI is InChI=1S/C26H28Cl2N2O4S/c1-26(2,3)23-9-4-5-10-24(23)34-16-15-29-25(31)18-30(21-8-6-7-20(28)17-21)35(32,33)22-13-11-19(27)12-14-22/h4-14,17H,15-16,18H2,1-3H3,(H,29,31). The van der Waals surface area contributed by atoms with Gasteiger partial charge in [0.1, 0.15) is 18.9 Å². The Balaban J connectivity index is 1.71. The highest BCUT2D eigenvalue weighted by atomic mass is 35.5. The second kappa shape index (κ2) is 11.3. The third-order valence-electron chi connectivity index (χ3n) is 5.16. The summed E-state index contributed by atoms with van der Waals surface area (Å²) in [6.45, 7) is 6.32. The number of rotatable bonds is 9. The van der Waals surface area contributed by atoms with Crippen molar-refractivity contribution in [3.05, 3.63) is 88.4 Å². The van der Waals surface area contributed by atoms with E-state index in [1.54, 1.807) is 18.2 Å². The van der Waals surface area contributed by atoms with Gasteiger partial charge in [0.25, 0.3) is 10.0 Å². The van der Waals surface area contributed by atoms with Crippen molar-refractivity contribution in [3.8, 4) is 5.75 Å². The van der Waals surface area contributed by atoms with Crippen molar-refractivity contribution in [1.82, 2.24) is 5.32 Å². The Bertz CT molecular complexity index is 1270. The zero-order chi connectivity index (χ0) is 25.6. The molecule has 0 radical (unpaired) electrons. The number of hydrogen-bond donors (Lipinski definition) is 1. The lowest BCUT2D eigenvalue weighted by Gasteiger charge is -2.24. The predicted molar refractivity (Wildman–Crippen MR) is 141 cm³/mol. The van der Waals surface area contributed by atoms with Crippen molar-refractivity contribution in [2.75, 3.05) is 24.0 Å². The van der Waals surface area contributed by atoms with E-state index in [2.05, 4.69) is 26.1 Å². The van der Waals surface area contributed by atoms with Crippen LogP contribution < -0.4 is 14.4 Å². The number of carbonyl (C=O) groups is 1. The lowest BCUT2D eigenvalue weighted by atomic mass is 9.86. The molecule has 0 spiro atoms. The van der Waals surface area contributed by atoms with Gasteiger partial charge in [0.2, 0.25) is 5.91 Å². The minimum absolute atomic E-state index is 0.0109. The molecule has 0 saturated heterocycles. The smallest absolute Gasteiger partial charge is 0.264 e. The fourth-order valence-corrected chi connectivity index (χ4v) is 5.15. The van der Waals surface area contributed by atoms with Crippen LogP contribution in [0.5, 0.6) is 5.75 Å². The second-order valence-corrected chi connectivity index (χ2v) is 11.6. The maximum Gasteiger partial charge on any atom is 0.264 e. The van der Waals surface area contributed by atoms with E-state index >= 15 is 0 Å². The first kappa shape index (κ1) is 26.9. The summed E-state index contributed by atoms with van der Waals surface area (Å²) in [5, 5.41) is 3.49. The number of hydrogen-bond acceptors (Lipinski definition) is 4. The average Bonchev–Trinajstić information content (AvgIpc) is 2.80. The minimum Gasteiger partial charge on any atom is -0.491 e. The summed E-state index contributed by atoms with van der Waals surface area (Å²) in [4.78, 5) is 12.8. The summed E-state index contributed by atoms with van der Waals surface area (Å²) in [5.41, 5.74) is 1.25. The zero-order valence-corrected chi connectivity index (χ0v) is 22.1.